The molecule has 1 aromatic carbocycles. The topological polar surface area (TPSA) is 80.3 Å². The first kappa shape index (κ1) is 17.1. The van der Waals surface area contributed by atoms with Crippen molar-refractivity contribution in [3.63, 3.8) is 0 Å². The highest BCUT2D eigenvalue weighted by Crippen LogP contribution is 2.20. The van der Waals surface area contributed by atoms with Gasteiger partial charge in [-0.3, -0.25) is 0 Å². The molecule has 1 fully saturated rings. The van der Waals surface area contributed by atoms with Gasteiger partial charge in [-0.25, -0.2) is 0 Å². The standard InChI is InChI=1S/C19H21N3O3/c1-2-23-15-8-5-14(6-9-15)7-10-18-22-17(12-20)19(25-18)21-13-16-4-3-11-24-16/h5-10,16,21H,2-4,11,13H2,1H3/b10-7+/t16-/m1/s1. The number of aromatic nitrogens is 1. The minimum Gasteiger partial charge on any atom is -0.494 e. The van der Waals surface area contributed by atoms with Crippen molar-refractivity contribution in [2.45, 2.75) is 25.9 Å². The molecule has 6 heteroatoms. The minimum absolute atomic E-state index is 0.166. The third-order valence-electron chi connectivity index (χ3n) is 3.87. The van der Waals surface area contributed by atoms with Gasteiger partial charge >= 0.3 is 0 Å². The first-order valence-corrected chi connectivity index (χ1v) is 8.46. The van der Waals surface area contributed by atoms with Crippen LogP contribution >= 0.6 is 0 Å². The molecule has 130 valence electrons. The van der Waals surface area contributed by atoms with E-state index in [1.807, 2.05) is 37.3 Å². The van der Waals surface area contributed by atoms with Crippen molar-refractivity contribution in [1.82, 2.24) is 4.98 Å². The predicted octanol–water partition coefficient (Wildman–Crippen LogP) is 3.71. The molecule has 3 rings (SSSR count). The Morgan fingerprint density at radius 2 is 2.20 bits per heavy atom. The monoisotopic (exact) mass is 339 g/mol. The maximum absolute atomic E-state index is 9.21. The largest absolute Gasteiger partial charge is 0.494 e. The Bertz CT molecular complexity index is 753. The average Bonchev–Trinajstić information content (AvgIpc) is 3.29. The third-order valence-corrected chi connectivity index (χ3v) is 3.87. The highest BCUT2D eigenvalue weighted by molar-refractivity contribution is 5.67. The Morgan fingerprint density at radius 3 is 2.88 bits per heavy atom. The van der Waals surface area contributed by atoms with E-state index in [0.717, 1.165) is 30.8 Å². The van der Waals surface area contributed by atoms with Crippen molar-refractivity contribution in [3.8, 4) is 11.8 Å². The second kappa shape index (κ2) is 8.36. The van der Waals surface area contributed by atoms with Crippen LogP contribution in [0.25, 0.3) is 12.2 Å². The smallest absolute Gasteiger partial charge is 0.232 e. The van der Waals surface area contributed by atoms with Crippen molar-refractivity contribution < 1.29 is 13.9 Å². The molecule has 1 atom stereocenters. The Balaban J connectivity index is 1.64. The number of benzene rings is 1. The molecule has 1 N–H and O–H groups in total. The molecule has 6 nitrogen and oxygen atoms in total. The van der Waals surface area contributed by atoms with Crippen molar-refractivity contribution >= 4 is 18.0 Å². The molecule has 0 amide bonds. The van der Waals surface area contributed by atoms with Crippen LogP contribution in [0.3, 0.4) is 0 Å². The Labute approximate surface area is 147 Å². The molecule has 1 saturated heterocycles. The summed E-state index contributed by atoms with van der Waals surface area (Å²) in [5, 5.41) is 12.3. The van der Waals surface area contributed by atoms with E-state index in [1.165, 1.54) is 0 Å². The Morgan fingerprint density at radius 1 is 1.36 bits per heavy atom. The molecular formula is C19H21N3O3. The van der Waals surface area contributed by atoms with Crippen LogP contribution in [0, 0.1) is 11.3 Å². The van der Waals surface area contributed by atoms with Gasteiger partial charge in [0.25, 0.3) is 0 Å². The Hall–Kier alpha value is -2.78. The molecule has 0 bridgehead atoms. The molecule has 0 aliphatic carbocycles. The maximum atomic E-state index is 9.21. The van der Waals surface area contributed by atoms with Crippen LogP contribution in [-0.4, -0.2) is 30.8 Å². The molecule has 0 radical (unpaired) electrons. The molecule has 0 saturated carbocycles. The van der Waals surface area contributed by atoms with Crippen LogP contribution in [0.5, 0.6) is 5.75 Å². The highest BCUT2D eigenvalue weighted by Gasteiger charge is 2.17. The van der Waals surface area contributed by atoms with Crippen LogP contribution in [0.4, 0.5) is 5.88 Å². The zero-order chi connectivity index (χ0) is 17.5. The fraction of sp³-hybridized carbons (Fsp3) is 0.368. The number of hydrogen-bond acceptors (Lipinski definition) is 6. The quantitative estimate of drug-likeness (QED) is 0.828. The zero-order valence-corrected chi connectivity index (χ0v) is 14.2. The lowest BCUT2D eigenvalue weighted by Crippen LogP contribution is -2.18. The van der Waals surface area contributed by atoms with Crippen LogP contribution in [0.1, 0.15) is 36.9 Å². The first-order valence-electron chi connectivity index (χ1n) is 8.46. The SMILES string of the molecule is CCOc1ccc(/C=C/c2nc(C#N)c(NC[C@H]3CCCO3)o2)cc1. The molecule has 25 heavy (non-hydrogen) atoms. The van der Waals surface area contributed by atoms with Gasteiger partial charge in [0.05, 0.1) is 12.7 Å². The van der Waals surface area contributed by atoms with E-state index >= 15 is 0 Å². The number of ether oxygens (including phenoxy) is 2. The van der Waals surface area contributed by atoms with Gasteiger partial charge in [-0.15, -0.1) is 0 Å². The molecule has 2 heterocycles. The summed E-state index contributed by atoms with van der Waals surface area (Å²) in [6.07, 6.45) is 5.89. The van der Waals surface area contributed by atoms with E-state index in [4.69, 9.17) is 13.9 Å². The van der Waals surface area contributed by atoms with E-state index in [0.29, 0.717) is 24.9 Å². The van der Waals surface area contributed by atoms with E-state index < -0.39 is 0 Å². The minimum atomic E-state index is 0.166. The summed E-state index contributed by atoms with van der Waals surface area (Å²) in [4.78, 5) is 4.19. The number of oxazole rings is 1. The molecule has 1 aliphatic rings. The molecular weight excluding hydrogens is 318 g/mol. The highest BCUT2D eigenvalue weighted by atomic mass is 16.5. The van der Waals surface area contributed by atoms with Crippen LogP contribution in [0.15, 0.2) is 28.7 Å². The van der Waals surface area contributed by atoms with Gasteiger partial charge in [-0.2, -0.15) is 10.2 Å². The lowest BCUT2D eigenvalue weighted by Gasteiger charge is -2.09. The van der Waals surface area contributed by atoms with Gasteiger partial charge in [0.2, 0.25) is 17.5 Å². The zero-order valence-electron chi connectivity index (χ0n) is 14.2. The van der Waals surface area contributed by atoms with E-state index in [2.05, 4.69) is 16.4 Å². The average molecular weight is 339 g/mol. The summed E-state index contributed by atoms with van der Waals surface area (Å²) in [6, 6.07) is 9.78. The normalized spacial score (nSPS) is 16.9. The van der Waals surface area contributed by atoms with Crippen LogP contribution < -0.4 is 10.1 Å². The molecule has 0 unspecified atom stereocenters. The van der Waals surface area contributed by atoms with Gasteiger partial charge < -0.3 is 19.2 Å². The summed E-state index contributed by atoms with van der Waals surface area (Å²) in [5.41, 5.74) is 1.25. The van der Waals surface area contributed by atoms with Crippen molar-refractivity contribution in [3.05, 3.63) is 41.4 Å². The number of nitrogens with one attached hydrogen (secondary N) is 1. The van der Waals surface area contributed by atoms with Crippen molar-refractivity contribution in [2.75, 3.05) is 25.1 Å². The molecule has 1 aromatic heterocycles. The van der Waals surface area contributed by atoms with Gasteiger partial charge in [0.1, 0.15) is 11.8 Å². The maximum Gasteiger partial charge on any atom is 0.232 e. The number of rotatable bonds is 7. The summed E-state index contributed by atoms with van der Waals surface area (Å²) >= 11 is 0. The fourth-order valence-corrected chi connectivity index (χ4v) is 2.62. The van der Waals surface area contributed by atoms with E-state index in [1.54, 1.807) is 6.08 Å². The number of anilines is 1. The summed E-state index contributed by atoms with van der Waals surface area (Å²) in [6.45, 7) is 4.01. The van der Waals surface area contributed by atoms with Crippen LogP contribution in [-0.2, 0) is 4.74 Å². The molecule has 0 spiro atoms. The number of nitriles is 1. The van der Waals surface area contributed by atoms with Crippen molar-refractivity contribution in [2.24, 2.45) is 0 Å². The lowest BCUT2D eigenvalue weighted by molar-refractivity contribution is 0.120. The van der Waals surface area contributed by atoms with Gasteiger partial charge in [-0.1, -0.05) is 12.1 Å². The second-order valence-electron chi connectivity index (χ2n) is 5.69. The van der Waals surface area contributed by atoms with Crippen LogP contribution in [0.2, 0.25) is 0 Å². The summed E-state index contributed by atoms with van der Waals surface area (Å²) in [7, 11) is 0. The first-order chi connectivity index (χ1) is 12.3. The third kappa shape index (κ3) is 4.61. The van der Waals surface area contributed by atoms with Crippen molar-refractivity contribution in [1.29, 1.82) is 5.26 Å². The van der Waals surface area contributed by atoms with Gasteiger partial charge in [0.15, 0.2) is 0 Å². The lowest BCUT2D eigenvalue weighted by atomic mass is 10.2. The molecule has 1 aliphatic heterocycles. The number of nitrogens with zero attached hydrogens (tertiary/aromatic N) is 2. The second-order valence-corrected chi connectivity index (χ2v) is 5.69. The predicted molar refractivity (Wildman–Crippen MR) is 95.2 cm³/mol. The molecule has 2 aromatic rings. The van der Waals surface area contributed by atoms with Gasteiger partial charge in [-0.05, 0) is 43.5 Å². The number of hydrogen-bond donors (Lipinski definition) is 1. The summed E-state index contributed by atoms with van der Waals surface area (Å²) in [5.74, 6) is 1.62. The van der Waals surface area contributed by atoms with E-state index in [9.17, 15) is 5.26 Å². The van der Waals surface area contributed by atoms with Gasteiger partial charge in [0, 0.05) is 19.2 Å². The summed E-state index contributed by atoms with van der Waals surface area (Å²) < 4.78 is 16.6. The Kier molecular flexibility index (Phi) is 5.70. The van der Waals surface area contributed by atoms with E-state index in [-0.39, 0.29) is 11.8 Å². The fourth-order valence-electron chi connectivity index (χ4n) is 2.62.